The molecule has 32 heavy (non-hydrogen) atoms. The maximum Gasteiger partial charge on any atom is 0.252 e. The Kier molecular flexibility index (Phi) is 5.90. The molecule has 0 amide bonds. The average molecular weight is 453 g/mol. The Morgan fingerprint density at radius 1 is 1.00 bits per heavy atom. The highest BCUT2D eigenvalue weighted by Crippen LogP contribution is 2.24. The Bertz CT molecular complexity index is 1410. The number of fused-ring (bicyclic) bond motifs is 1. The van der Waals surface area contributed by atoms with Crippen LogP contribution in [-0.4, -0.2) is 24.8 Å². The molecule has 0 fully saturated rings. The summed E-state index contributed by atoms with van der Waals surface area (Å²) >= 11 is 0. The van der Waals surface area contributed by atoms with Gasteiger partial charge in [0.1, 0.15) is 11.5 Å². The van der Waals surface area contributed by atoms with Crippen molar-refractivity contribution in [3.05, 3.63) is 93.7 Å². The number of benzene rings is 2. The number of methoxy groups -OCH3 is 1. The van der Waals surface area contributed by atoms with Gasteiger partial charge in [0, 0.05) is 17.6 Å². The lowest BCUT2D eigenvalue weighted by atomic mass is 10.0. The highest BCUT2D eigenvalue weighted by atomic mass is 32.2. The maximum atomic E-state index is 13.5. The van der Waals surface area contributed by atoms with Crippen molar-refractivity contribution >= 4 is 20.9 Å². The summed E-state index contributed by atoms with van der Waals surface area (Å²) in [5.74, 6) is 1.03. The predicted octanol–water partition coefficient (Wildman–Crippen LogP) is 4.14. The molecular formula is C24H24N2O5S. The number of nitrogens with one attached hydrogen (secondary N) is 1. The zero-order chi connectivity index (χ0) is 22.9. The molecular weight excluding hydrogens is 428 g/mol. The van der Waals surface area contributed by atoms with Crippen LogP contribution in [0.25, 0.3) is 10.9 Å². The lowest BCUT2D eigenvalue weighted by Gasteiger charge is -2.21. The Balaban J connectivity index is 1.76. The molecule has 0 bridgehead atoms. The van der Waals surface area contributed by atoms with Gasteiger partial charge in [0.2, 0.25) is 10.0 Å². The topological polar surface area (TPSA) is 92.6 Å². The van der Waals surface area contributed by atoms with E-state index < -0.39 is 10.0 Å². The fourth-order valence-corrected chi connectivity index (χ4v) is 4.91. The summed E-state index contributed by atoms with van der Waals surface area (Å²) < 4.78 is 38.7. The third-order valence-electron chi connectivity index (χ3n) is 5.49. The van der Waals surface area contributed by atoms with E-state index in [0.717, 1.165) is 22.0 Å². The van der Waals surface area contributed by atoms with Crippen molar-refractivity contribution in [2.24, 2.45) is 0 Å². The van der Waals surface area contributed by atoms with Crippen molar-refractivity contribution in [3.63, 3.8) is 0 Å². The zero-order valence-electron chi connectivity index (χ0n) is 18.1. The van der Waals surface area contributed by atoms with Crippen molar-refractivity contribution < 1.29 is 17.6 Å². The predicted molar refractivity (Wildman–Crippen MR) is 122 cm³/mol. The molecule has 0 unspecified atom stereocenters. The van der Waals surface area contributed by atoms with E-state index in [0.29, 0.717) is 17.1 Å². The van der Waals surface area contributed by atoms with Gasteiger partial charge in [-0.05, 0) is 85.0 Å². The van der Waals surface area contributed by atoms with Crippen LogP contribution >= 0.6 is 0 Å². The van der Waals surface area contributed by atoms with Gasteiger partial charge in [-0.1, -0.05) is 0 Å². The van der Waals surface area contributed by atoms with Crippen molar-refractivity contribution in [2.45, 2.75) is 31.8 Å². The van der Waals surface area contributed by atoms with Crippen molar-refractivity contribution in [1.82, 2.24) is 9.29 Å². The number of pyridine rings is 1. The maximum absolute atomic E-state index is 13.5. The largest absolute Gasteiger partial charge is 0.497 e. The van der Waals surface area contributed by atoms with Crippen molar-refractivity contribution in [3.8, 4) is 5.75 Å². The smallest absolute Gasteiger partial charge is 0.252 e. The second kappa shape index (κ2) is 8.64. The molecule has 0 aliphatic carbocycles. The van der Waals surface area contributed by atoms with Gasteiger partial charge in [-0.2, -0.15) is 4.31 Å². The molecule has 4 aromatic rings. The first kappa shape index (κ1) is 21.9. The number of nitrogens with zero attached hydrogens (tertiary/aromatic N) is 1. The molecule has 0 aliphatic rings. The summed E-state index contributed by atoms with van der Waals surface area (Å²) in [5, 5.41) is 0.850. The number of aromatic amines is 1. The molecule has 0 saturated heterocycles. The molecule has 4 rings (SSSR count). The number of rotatable bonds is 7. The van der Waals surface area contributed by atoms with E-state index in [-0.39, 0.29) is 23.5 Å². The molecule has 8 heteroatoms. The standard InChI is InChI=1S/C24H24N2O5S/c1-16-11-18-13-19(24(27)25-23(18)12-17(16)2)14-26(15-21-5-4-10-31-21)32(28,29)22-8-6-20(30-3)7-9-22/h4-13H,14-15H2,1-3H3,(H,25,27). The van der Waals surface area contributed by atoms with Crippen LogP contribution in [0.15, 0.2) is 75.0 Å². The van der Waals surface area contributed by atoms with Crippen LogP contribution in [0.3, 0.4) is 0 Å². The highest BCUT2D eigenvalue weighted by molar-refractivity contribution is 7.89. The van der Waals surface area contributed by atoms with E-state index in [4.69, 9.17) is 9.15 Å². The van der Waals surface area contributed by atoms with Gasteiger partial charge in [-0.3, -0.25) is 4.79 Å². The fourth-order valence-electron chi connectivity index (χ4n) is 3.53. The molecule has 166 valence electrons. The van der Waals surface area contributed by atoms with Crippen LogP contribution < -0.4 is 10.3 Å². The van der Waals surface area contributed by atoms with Crippen LogP contribution in [0.1, 0.15) is 22.5 Å². The minimum Gasteiger partial charge on any atom is -0.497 e. The number of aromatic nitrogens is 1. The fraction of sp³-hybridized carbons (Fsp3) is 0.208. The third kappa shape index (κ3) is 4.32. The highest BCUT2D eigenvalue weighted by Gasteiger charge is 2.27. The second-order valence-corrected chi connectivity index (χ2v) is 9.61. The molecule has 2 aromatic carbocycles. The van der Waals surface area contributed by atoms with Gasteiger partial charge in [0.15, 0.2) is 0 Å². The first-order valence-corrected chi connectivity index (χ1v) is 11.5. The van der Waals surface area contributed by atoms with E-state index in [1.807, 2.05) is 26.0 Å². The molecule has 7 nitrogen and oxygen atoms in total. The summed E-state index contributed by atoms with van der Waals surface area (Å²) in [6.07, 6.45) is 1.49. The lowest BCUT2D eigenvalue weighted by molar-refractivity contribution is 0.357. The van der Waals surface area contributed by atoms with E-state index in [1.54, 1.807) is 30.3 Å². The molecule has 0 aliphatic heterocycles. The number of aryl methyl sites for hydroxylation is 2. The normalized spacial score (nSPS) is 11.9. The van der Waals surface area contributed by atoms with Gasteiger partial charge in [0.25, 0.3) is 5.56 Å². The van der Waals surface area contributed by atoms with Crippen LogP contribution in [-0.2, 0) is 23.1 Å². The van der Waals surface area contributed by atoms with Gasteiger partial charge in [-0.15, -0.1) is 0 Å². The van der Waals surface area contributed by atoms with Crippen LogP contribution in [0.2, 0.25) is 0 Å². The monoisotopic (exact) mass is 452 g/mol. The molecule has 0 radical (unpaired) electrons. The number of hydrogen-bond donors (Lipinski definition) is 1. The summed E-state index contributed by atoms with van der Waals surface area (Å²) in [6.45, 7) is 3.86. The van der Waals surface area contributed by atoms with E-state index >= 15 is 0 Å². The Hall–Kier alpha value is -3.36. The minimum absolute atomic E-state index is 0.00817. The van der Waals surface area contributed by atoms with Crippen LogP contribution in [0, 0.1) is 13.8 Å². The molecule has 1 N–H and O–H groups in total. The molecule has 0 saturated carbocycles. The van der Waals surface area contributed by atoms with Gasteiger partial charge >= 0.3 is 0 Å². The number of ether oxygens (including phenoxy) is 1. The Morgan fingerprint density at radius 3 is 2.38 bits per heavy atom. The van der Waals surface area contributed by atoms with E-state index in [1.165, 1.54) is 29.8 Å². The second-order valence-electron chi connectivity index (χ2n) is 7.68. The quantitative estimate of drug-likeness (QED) is 0.455. The van der Waals surface area contributed by atoms with Gasteiger partial charge in [0.05, 0.1) is 24.8 Å². The zero-order valence-corrected chi connectivity index (χ0v) is 18.9. The van der Waals surface area contributed by atoms with E-state index in [2.05, 4.69) is 4.98 Å². The Morgan fingerprint density at radius 2 is 1.72 bits per heavy atom. The number of furan rings is 1. The summed E-state index contributed by atoms with van der Waals surface area (Å²) in [7, 11) is -2.40. The summed E-state index contributed by atoms with van der Waals surface area (Å²) in [4.78, 5) is 15.8. The summed E-state index contributed by atoms with van der Waals surface area (Å²) in [6, 6.07) is 15.2. The molecule has 2 heterocycles. The van der Waals surface area contributed by atoms with Crippen LogP contribution in [0.5, 0.6) is 5.75 Å². The Labute approximate surface area is 186 Å². The lowest BCUT2D eigenvalue weighted by Crippen LogP contribution is -2.32. The van der Waals surface area contributed by atoms with E-state index in [9.17, 15) is 13.2 Å². The number of sulfonamides is 1. The first-order valence-electron chi connectivity index (χ1n) is 10.1. The van der Waals surface area contributed by atoms with Gasteiger partial charge < -0.3 is 14.1 Å². The molecule has 0 spiro atoms. The van der Waals surface area contributed by atoms with Crippen molar-refractivity contribution in [2.75, 3.05) is 7.11 Å². The average Bonchev–Trinajstić information content (AvgIpc) is 3.28. The minimum atomic E-state index is -3.92. The first-order chi connectivity index (χ1) is 15.3. The third-order valence-corrected chi connectivity index (χ3v) is 7.30. The number of H-pyrrole nitrogens is 1. The summed E-state index contributed by atoms with van der Waals surface area (Å²) in [5.41, 5.74) is 2.91. The molecule has 2 aromatic heterocycles. The van der Waals surface area contributed by atoms with Crippen LogP contribution in [0.4, 0.5) is 0 Å². The molecule has 0 atom stereocenters. The number of hydrogen-bond acceptors (Lipinski definition) is 5. The SMILES string of the molecule is COc1ccc(S(=O)(=O)N(Cc2ccco2)Cc2cc3cc(C)c(C)cc3[nH]c2=O)cc1. The van der Waals surface area contributed by atoms with Gasteiger partial charge in [-0.25, -0.2) is 8.42 Å². The van der Waals surface area contributed by atoms with Crippen molar-refractivity contribution in [1.29, 1.82) is 0 Å².